The summed E-state index contributed by atoms with van der Waals surface area (Å²) in [7, 11) is 0. The van der Waals surface area contributed by atoms with Crippen molar-refractivity contribution in [1.82, 2.24) is 0 Å². The van der Waals surface area contributed by atoms with Crippen molar-refractivity contribution in [2.24, 2.45) is 11.8 Å². The van der Waals surface area contributed by atoms with Crippen molar-refractivity contribution in [3.8, 4) is 0 Å². The highest BCUT2D eigenvalue weighted by molar-refractivity contribution is 5.71. The molecule has 0 aliphatic heterocycles. The Morgan fingerprint density at radius 2 is 2.00 bits per heavy atom. The lowest BCUT2D eigenvalue weighted by Crippen LogP contribution is -2.05. The third-order valence-corrected chi connectivity index (χ3v) is 1.42. The molecule has 1 unspecified atom stereocenters. The van der Waals surface area contributed by atoms with Crippen LogP contribution in [0, 0.1) is 11.8 Å². The van der Waals surface area contributed by atoms with Crippen molar-refractivity contribution in [2.75, 3.05) is 0 Å². The largest absolute Gasteiger partial charge is 0.481 e. The highest BCUT2D eigenvalue weighted by atomic mass is 16.4. The van der Waals surface area contributed by atoms with Gasteiger partial charge in [0.25, 0.3) is 0 Å². The zero-order valence-electron chi connectivity index (χ0n) is 7.37. The van der Waals surface area contributed by atoms with Gasteiger partial charge in [0.05, 0.1) is 5.92 Å². The van der Waals surface area contributed by atoms with Crippen LogP contribution in [0.25, 0.3) is 0 Å². The van der Waals surface area contributed by atoms with Gasteiger partial charge in [-0.25, -0.2) is 0 Å². The van der Waals surface area contributed by atoms with E-state index in [1.54, 1.807) is 13.0 Å². The molecule has 0 amide bonds. The van der Waals surface area contributed by atoms with Crippen LogP contribution in [0.1, 0.15) is 27.2 Å². The molecule has 0 heterocycles. The summed E-state index contributed by atoms with van der Waals surface area (Å²) in [5, 5.41) is 8.50. The highest BCUT2D eigenvalue weighted by Crippen LogP contribution is 2.03. The minimum absolute atomic E-state index is 0.353. The molecule has 2 nitrogen and oxygen atoms in total. The van der Waals surface area contributed by atoms with Crippen LogP contribution in [0.15, 0.2) is 12.2 Å². The standard InChI is InChI=1S/C9H16O2/c1-7(2)5-4-6-8(3)9(10)11/h4,6-8H,5H2,1-3H3,(H,10,11). The van der Waals surface area contributed by atoms with Crippen molar-refractivity contribution < 1.29 is 9.90 Å². The number of carboxylic acids is 1. The Morgan fingerprint density at radius 3 is 2.36 bits per heavy atom. The molecule has 0 saturated heterocycles. The lowest BCUT2D eigenvalue weighted by Gasteiger charge is -1.99. The van der Waals surface area contributed by atoms with E-state index in [0.717, 1.165) is 6.42 Å². The Morgan fingerprint density at radius 1 is 1.45 bits per heavy atom. The first-order chi connectivity index (χ1) is 5.04. The summed E-state index contributed by atoms with van der Waals surface area (Å²) >= 11 is 0. The van der Waals surface area contributed by atoms with Crippen molar-refractivity contribution in [3.63, 3.8) is 0 Å². The van der Waals surface area contributed by atoms with E-state index in [0.29, 0.717) is 5.92 Å². The minimum Gasteiger partial charge on any atom is -0.481 e. The fourth-order valence-electron chi connectivity index (χ4n) is 0.637. The van der Waals surface area contributed by atoms with Gasteiger partial charge in [-0.2, -0.15) is 0 Å². The lowest BCUT2D eigenvalue weighted by molar-refractivity contribution is -0.139. The molecule has 11 heavy (non-hydrogen) atoms. The highest BCUT2D eigenvalue weighted by Gasteiger charge is 2.04. The molecule has 0 saturated carbocycles. The molecule has 0 aliphatic rings. The SMILES string of the molecule is CC(C)CC=CC(C)C(=O)O. The van der Waals surface area contributed by atoms with Crippen LogP contribution in [0.3, 0.4) is 0 Å². The second-order valence-electron chi connectivity index (χ2n) is 3.18. The predicted octanol–water partition coefficient (Wildman–Crippen LogP) is 2.31. The van der Waals surface area contributed by atoms with Crippen molar-refractivity contribution in [2.45, 2.75) is 27.2 Å². The van der Waals surface area contributed by atoms with E-state index in [4.69, 9.17) is 5.11 Å². The average molecular weight is 156 g/mol. The monoisotopic (exact) mass is 156 g/mol. The van der Waals surface area contributed by atoms with E-state index < -0.39 is 5.97 Å². The van der Waals surface area contributed by atoms with Gasteiger partial charge in [0.2, 0.25) is 0 Å². The Hall–Kier alpha value is -0.790. The molecular weight excluding hydrogens is 140 g/mol. The molecule has 1 N–H and O–H groups in total. The van der Waals surface area contributed by atoms with Crippen molar-refractivity contribution in [1.29, 1.82) is 0 Å². The first-order valence-electron chi connectivity index (χ1n) is 3.93. The van der Waals surface area contributed by atoms with E-state index >= 15 is 0 Å². The number of aliphatic carboxylic acids is 1. The Balaban J connectivity index is 3.65. The Bertz CT molecular complexity index is 148. The third kappa shape index (κ3) is 5.64. The van der Waals surface area contributed by atoms with Gasteiger partial charge < -0.3 is 5.11 Å². The van der Waals surface area contributed by atoms with Crippen molar-refractivity contribution in [3.05, 3.63) is 12.2 Å². The molecule has 64 valence electrons. The van der Waals surface area contributed by atoms with Gasteiger partial charge in [-0.15, -0.1) is 0 Å². The summed E-state index contributed by atoms with van der Waals surface area (Å²) in [6.45, 7) is 5.89. The zero-order valence-corrected chi connectivity index (χ0v) is 7.37. The number of rotatable bonds is 4. The Kier molecular flexibility index (Phi) is 4.59. The molecule has 0 aliphatic carbocycles. The molecule has 0 rings (SSSR count). The van der Waals surface area contributed by atoms with E-state index in [9.17, 15) is 4.79 Å². The molecule has 0 fully saturated rings. The number of hydrogen-bond donors (Lipinski definition) is 1. The number of allylic oxidation sites excluding steroid dienone is 1. The minimum atomic E-state index is -0.759. The van der Waals surface area contributed by atoms with E-state index in [-0.39, 0.29) is 5.92 Å². The van der Waals surface area contributed by atoms with E-state index in [2.05, 4.69) is 13.8 Å². The fourth-order valence-corrected chi connectivity index (χ4v) is 0.637. The van der Waals surface area contributed by atoms with Gasteiger partial charge in [0.15, 0.2) is 0 Å². The molecule has 1 atom stereocenters. The smallest absolute Gasteiger partial charge is 0.310 e. The van der Waals surface area contributed by atoms with Crippen LogP contribution in [0.4, 0.5) is 0 Å². The third-order valence-electron chi connectivity index (χ3n) is 1.42. The first kappa shape index (κ1) is 10.2. The second-order valence-corrected chi connectivity index (χ2v) is 3.18. The maximum Gasteiger partial charge on any atom is 0.310 e. The van der Waals surface area contributed by atoms with E-state index in [1.807, 2.05) is 6.08 Å². The summed E-state index contributed by atoms with van der Waals surface area (Å²) in [6.07, 6.45) is 4.63. The number of carboxylic acid groups (broad SMARTS) is 1. The first-order valence-corrected chi connectivity index (χ1v) is 3.93. The van der Waals surface area contributed by atoms with Crippen LogP contribution in [0.5, 0.6) is 0 Å². The van der Waals surface area contributed by atoms with Crippen LogP contribution in [0.2, 0.25) is 0 Å². The summed E-state index contributed by atoms with van der Waals surface area (Å²) in [5.41, 5.74) is 0. The summed E-state index contributed by atoms with van der Waals surface area (Å²) in [4.78, 5) is 10.3. The second kappa shape index (κ2) is 4.94. The van der Waals surface area contributed by atoms with Crippen molar-refractivity contribution >= 4 is 5.97 Å². The van der Waals surface area contributed by atoms with E-state index in [1.165, 1.54) is 0 Å². The van der Waals surface area contributed by atoms with Gasteiger partial charge in [-0.1, -0.05) is 26.0 Å². The summed E-state index contributed by atoms with van der Waals surface area (Å²) in [5.74, 6) is -0.508. The molecule has 0 aromatic heterocycles. The van der Waals surface area contributed by atoms with Gasteiger partial charge in [-0.3, -0.25) is 4.79 Å². The molecule has 0 aromatic rings. The quantitative estimate of drug-likeness (QED) is 0.634. The van der Waals surface area contributed by atoms with Crippen LogP contribution >= 0.6 is 0 Å². The maximum atomic E-state index is 10.3. The molecule has 0 radical (unpaired) electrons. The normalized spacial score (nSPS) is 14.2. The number of carbonyl (C=O) groups is 1. The predicted molar refractivity (Wildman–Crippen MR) is 45.4 cm³/mol. The molecule has 2 heteroatoms. The van der Waals surface area contributed by atoms with Gasteiger partial charge in [0.1, 0.15) is 0 Å². The van der Waals surface area contributed by atoms with Gasteiger partial charge >= 0.3 is 5.97 Å². The summed E-state index contributed by atoms with van der Waals surface area (Å²) in [6, 6.07) is 0. The lowest BCUT2D eigenvalue weighted by atomic mass is 10.1. The maximum absolute atomic E-state index is 10.3. The molecule has 0 bridgehead atoms. The van der Waals surface area contributed by atoms with Crippen LogP contribution in [-0.2, 0) is 4.79 Å². The van der Waals surface area contributed by atoms with Gasteiger partial charge in [-0.05, 0) is 19.3 Å². The molecule has 0 spiro atoms. The fraction of sp³-hybridized carbons (Fsp3) is 0.667. The average Bonchev–Trinajstić information content (AvgIpc) is 1.86. The number of hydrogen-bond acceptors (Lipinski definition) is 1. The summed E-state index contributed by atoms with van der Waals surface area (Å²) < 4.78 is 0. The van der Waals surface area contributed by atoms with Crippen LogP contribution < -0.4 is 0 Å². The topological polar surface area (TPSA) is 37.3 Å². The van der Waals surface area contributed by atoms with Crippen LogP contribution in [-0.4, -0.2) is 11.1 Å². The molecular formula is C9H16O2. The van der Waals surface area contributed by atoms with Gasteiger partial charge in [0, 0.05) is 0 Å². The zero-order chi connectivity index (χ0) is 8.85. The Labute approximate surface area is 67.9 Å². The molecule has 0 aromatic carbocycles.